The monoisotopic (exact) mass is 1760 g/mol. The lowest BCUT2D eigenvalue weighted by atomic mass is 10.4. The minimum absolute atomic E-state index is 0.0161. The van der Waals surface area contributed by atoms with Crippen LogP contribution in [0.25, 0.3) is 0 Å². The SMILES string of the molecule is CCC(=O)N(CC(=O)NC)NCNC(=O)CN(NCN)C(=O)CC.CCC(=O)N(CC(=O)NC)OCNC(=O)CN(OCN)C(=O)CC.CCC(=O)N(CC(=O)NC)SCNC(=O)CN(SCN)C(=O)CC.CCC(=O)N(CCNC(=O)NN(CCN)C(=O)CC)NC(=O)NC.CCC(=O)N(CCNC(=O)ON(CCN)C(=O)CC)OC(=O)NC. The van der Waals surface area contributed by atoms with E-state index >= 15 is 0 Å². The minimum Gasteiger partial charge on any atom is -0.358 e. The zero-order valence-corrected chi connectivity index (χ0v) is 72.8. The molecule has 0 aliphatic carbocycles. The van der Waals surface area contributed by atoms with Crippen molar-refractivity contribution in [3.63, 3.8) is 0 Å². The van der Waals surface area contributed by atoms with Crippen LogP contribution in [0.4, 0.5) is 19.2 Å². The van der Waals surface area contributed by atoms with Crippen molar-refractivity contribution in [2.45, 2.75) is 133 Å². The molecule has 0 saturated heterocycles. The molecule has 690 valence electrons. The Morgan fingerprint density at radius 3 is 1.16 bits per heavy atom. The topological polar surface area (TPSA) is 709 Å². The molecule has 0 aromatic heterocycles. The predicted molar refractivity (Wildman–Crippen MR) is 434 cm³/mol. The van der Waals surface area contributed by atoms with E-state index in [0.29, 0.717) is 0 Å². The van der Waals surface area contributed by atoms with E-state index in [0.717, 1.165) is 64.2 Å². The lowest BCUT2D eigenvalue weighted by Crippen LogP contribution is -2.54. The van der Waals surface area contributed by atoms with Crippen LogP contribution in [-0.2, 0) is 96.1 Å². The van der Waals surface area contributed by atoms with Gasteiger partial charge in [0.1, 0.15) is 52.7 Å². The fourth-order valence-electron chi connectivity index (χ4n) is 7.56. The Morgan fingerprint density at radius 2 is 0.700 bits per heavy atom. The van der Waals surface area contributed by atoms with Gasteiger partial charge in [0, 0.05) is 126 Å². The van der Waals surface area contributed by atoms with E-state index in [4.69, 9.17) is 48.0 Å². The Bertz CT molecular complexity index is 2700. The molecule has 120 heavy (non-hydrogen) atoms. The van der Waals surface area contributed by atoms with Crippen molar-refractivity contribution >= 4 is 143 Å². The summed E-state index contributed by atoms with van der Waals surface area (Å²) in [6.07, 6.45) is 0.271. The number of carbonyl (C=O) groups is 20. The second-order valence-electron chi connectivity index (χ2n) is 22.5. The van der Waals surface area contributed by atoms with Crippen molar-refractivity contribution in [3.8, 4) is 0 Å². The van der Waals surface area contributed by atoms with Crippen molar-refractivity contribution in [1.29, 1.82) is 0 Å². The van der Waals surface area contributed by atoms with Gasteiger partial charge in [0.05, 0.1) is 51.3 Å². The highest BCUT2D eigenvalue weighted by Crippen LogP contribution is 2.12. The van der Waals surface area contributed by atoms with Crippen LogP contribution in [0, 0.1) is 0 Å². The molecule has 22 amide bonds. The zero-order valence-electron chi connectivity index (χ0n) is 71.2. The smallest absolute Gasteiger partial charge is 0.358 e. The lowest BCUT2D eigenvalue weighted by Gasteiger charge is -2.24. The standard InChI is InChI=1S/2C13H27N7O4.2C13H25N5O6.C13H25N5O4S2/c1-4-12(23)19(17-8-14)7-11(22)16-9-18-20(13(24)5-2)6-10(21)15-3;1-4-10(21)19(8-6-14)18-13(24)16-7-9-20(11(22)5-2)17-12(23)15-3;1-4-12(21)17(23-8-14)7-11(20)16-9-24-18(13(22)5-2)6-10(19)15-3;1-4-10(19)17(8-6-14)24-13(22)16-7-9-18(11(20)5-2)23-12(21)15-3;1-4-12(21)17(23-8-14)7-11(20)16-9-24-18(13(22)5-2)6-10(19)15-3/h17-18H,4-9,14H2,1-3H3,(H,15,21)(H,16,22);4-9,14H2,1-3H3,(H2,15,17,23)(H2,16,18,24);4-9,14H2,1-3H3,(H,15,19)(H,16,20);4-9,14H2,1-3H3,(H,15,21)(H,16,22);4-9,14H2,1-3H3,(H,15,19)(H,16,20). The van der Waals surface area contributed by atoms with Crippen molar-refractivity contribution < 1.29 is 115 Å². The second-order valence-corrected chi connectivity index (χ2v) is 24.5. The van der Waals surface area contributed by atoms with Crippen molar-refractivity contribution in [2.24, 2.45) is 28.7 Å². The summed E-state index contributed by atoms with van der Waals surface area (Å²) in [7, 11) is 7.14. The first-order chi connectivity index (χ1) is 56.9. The molecule has 0 aliphatic rings. The van der Waals surface area contributed by atoms with E-state index in [1.165, 1.54) is 43.8 Å². The zero-order chi connectivity index (χ0) is 92.7. The third-order valence-corrected chi connectivity index (χ3v) is 15.7. The van der Waals surface area contributed by atoms with Crippen LogP contribution in [0.3, 0.4) is 0 Å². The first-order valence-corrected chi connectivity index (χ1v) is 39.7. The Kier molecular flexibility index (Phi) is 72.7. The van der Waals surface area contributed by atoms with Gasteiger partial charge < -0.3 is 91.5 Å². The molecule has 0 unspecified atom stereocenters. The van der Waals surface area contributed by atoms with Crippen LogP contribution in [0.5, 0.6) is 0 Å². The molecule has 0 fully saturated rings. The summed E-state index contributed by atoms with van der Waals surface area (Å²) in [4.78, 5) is 252. The molecule has 0 rings (SSSR count). The van der Waals surface area contributed by atoms with Gasteiger partial charge in [-0.1, -0.05) is 69.2 Å². The molecule has 0 atom stereocenters. The number of hydroxylamine groups is 8. The maximum absolute atomic E-state index is 11.9. The summed E-state index contributed by atoms with van der Waals surface area (Å²) in [5, 5.41) is 31.9. The van der Waals surface area contributed by atoms with Crippen LogP contribution in [0.2, 0.25) is 0 Å². The van der Waals surface area contributed by atoms with Gasteiger partial charge in [0.25, 0.3) is 11.8 Å². The Hall–Kier alpha value is -11.1. The van der Waals surface area contributed by atoms with E-state index < -0.39 is 59.7 Å². The number of carbonyl (C=O) groups excluding carboxylic acids is 20. The summed E-state index contributed by atoms with van der Waals surface area (Å²) in [5.74, 6) is -5.30. The highest BCUT2D eigenvalue weighted by atomic mass is 32.2. The molecule has 0 saturated carbocycles. The number of nitrogens with one attached hydrogen (secondary N) is 14. The van der Waals surface area contributed by atoms with E-state index in [9.17, 15) is 95.9 Å². The van der Waals surface area contributed by atoms with Crippen molar-refractivity contribution in [1.82, 2.24) is 124 Å². The van der Waals surface area contributed by atoms with Gasteiger partial charge in [-0.3, -0.25) is 110 Å². The van der Waals surface area contributed by atoms with Gasteiger partial charge in [-0.25, -0.2) is 55.8 Å². The highest BCUT2D eigenvalue weighted by molar-refractivity contribution is 7.97. The average molecular weight is 1770 g/mol. The summed E-state index contributed by atoms with van der Waals surface area (Å²) in [6.45, 7) is 15.2. The van der Waals surface area contributed by atoms with E-state index in [-0.39, 0.29) is 253 Å². The number of nitrogens with zero attached hydrogens (tertiary/aromatic N) is 10. The van der Waals surface area contributed by atoms with E-state index in [1.54, 1.807) is 69.2 Å². The molecule has 0 aromatic carbocycles. The van der Waals surface area contributed by atoms with E-state index in [1.807, 2.05) is 0 Å². The van der Waals surface area contributed by atoms with Crippen LogP contribution < -0.4 is 104 Å². The Morgan fingerprint density at radius 1 is 0.317 bits per heavy atom. The molecular formula is C65H129N29O24S2. The fourth-order valence-corrected chi connectivity index (χ4v) is 9.09. The van der Waals surface area contributed by atoms with Gasteiger partial charge in [0.2, 0.25) is 82.7 Å². The lowest BCUT2D eigenvalue weighted by molar-refractivity contribution is -0.195. The van der Waals surface area contributed by atoms with Gasteiger partial charge in [-0.15, -0.1) is 0 Å². The molecule has 0 aliphatic heterocycles. The number of urea groups is 2. The van der Waals surface area contributed by atoms with Gasteiger partial charge in [-0.2, -0.15) is 10.1 Å². The number of rotatable bonds is 47. The van der Waals surface area contributed by atoms with E-state index in [2.05, 4.69) is 74.9 Å². The number of hydrogen-bond donors (Lipinski definition) is 19. The van der Waals surface area contributed by atoms with Crippen LogP contribution in [0.15, 0.2) is 0 Å². The molecule has 24 N–H and O–H groups in total. The largest absolute Gasteiger partial charge is 0.431 e. The van der Waals surface area contributed by atoms with Crippen LogP contribution >= 0.6 is 23.9 Å². The predicted octanol–water partition coefficient (Wildman–Crippen LogP) is -7.42. The molecular weight excluding hydrogens is 1640 g/mol. The number of hydrogen-bond acceptors (Lipinski definition) is 33. The molecule has 55 heteroatoms. The summed E-state index contributed by atoms with van der Waals surface area (Å²) in [5.41, 5.74) is 36.6. The third kappa shape index (κ3) is 57.9. The average Bonchev–Trinajstić information content (AvgIpc) is 0.923. The summed E-state index contributed by atoms with van der Waals surface area (Å²) >= 11 is 2.11. The fraction of sp³-hybridized carbons (Fsp3) is 0.692. The number of amides is 22. The Labute approximate surface area is 706 Å². The molecule has 0 heterocycles. The summed E-state index contributed by atoms with van der Waals surface area (Å²) in [6, 6.07) is -1.14. The molecule has 0 radical (unpaired) electrons. The van der Waals surface area contributed by atoms with Gasteiger partial charge >= 0.3 is 24.2 Å². The van der Waals surface area contributed by atoms with Crippen LogP contribution in [0.1, 0.15) is 133 Å². The molecule has 0 aromatic rings. The number of likely N-dealkylation sites (N-methyl/N-ethyl adjacent to an activating group) is 3. The maximum Gasteiger partial charge on any atom is 0.431 e. The van der Waals surface area contributed by atoms with Crippen molar-refractivity contribution in [2.75, 3.05) is 165 Å². The summed E-state index contributed by atoms with van der Waals surface area (Å²) < 4.78 is 2.60. The van der Waals surface area contributed by atoms with Gasteiger partial charge in [-0.05, 0) is 23.9 Å². The quantitative estimate of drug-likeness (QED) is 0.0153. The van der Waals surface area contributed by atoms with Crippen LogP contribution in [-0.4, -0.2) is 333 Å². The third-order valence-electron chi connectivity index (χ3n) is 13.9. The maximum atomic E-state index is 11.9. The first kappa shape index (κ1) is 117. The van der Waals surface area contributed by atoms with Gasteiger partial charge in [0.15, 0.2) is 0 Å². The highest BCUT2D eigenvalue weighted by Gasteiger charge is 2.25. The molecule has 53 nitrogen and oxygen atoms in total. The number of hydrazine groups is 4. The number of nitrogens with two attached hydrogens (primary N) is 5. The van der Waals surface area contributed by atoms with Crippen molar-refractivity contribution in [3.05, 3.63) is 0 Å². The molecule has 0 spiro atoms. The first-order valence-electron chi connectivity index (χ1n) is 37.8. The molecule has 0 bridgehead atoms. The normalized spacial score (nSPS) is 9.87. The Balaban J connectivity index is -0.000000459. The minimum atomic E-state index is -0.880. The second kappa shape index (κ2) is 74.2.